The average molecular weight is 444 g/mol. The second-order valence-corrected chi connectivity index (χ2v) is 9.57. The predicted molar refractivity (Wildman–Crippen MR) is 113 cm³/mol. The molecule has 10 heteroatoms. The van der Waals surface area contributed by atoms with Gasteiger partial charge in [-0.05, 0) is 68.3 Å². The number of hydrogen-bond donors (Lipinski definition) is 1. The average Bonchev–Trinajstić information content (AvgIpc) is 3.30. The lowest BCUT2D eigenvalue weighted by atomic mass is 9.83. The van der Waals surface area contributed by atoms with Crippen molar-refractivity contribution in [2.45, 2.75) is 43.3 Å². The second-order valence-electron chi connectivity index (χ2n) is 7.73. The zero-order chi connectivity index (χ0) is 22.2. The molecule has 1 N–H and O–H groups in total. The fraction of sp³-hybridized carbons (Fsp3) is 0.333. The number of rotatable bonds is 7. The minimum Gasteiger partial charge on any atom is -0.349 e. The molecule has 0 unspecified atom stereocenters. The van der Waals surface area contributed by atoms with E-state index >= 15 is 0 Å². The lowest BCUT2D eigenvalue weighted by Gasteiger charge is -2.25. The van der Waals surface area contributed by atoms with Crippen molar-refractivity contribution in [3.05, 3.63) is 60.1 Å². The fourth-order valence-corrected chi connectivity index (χ4v) is 5.98. The Hall–Kier alpha value is -2.98. The van der Waals surface area contributed by atoms with Crippen molar-refractivity contribution in [2.75, 3.05) is 0 Å². The standard InChI is InChI=1S/C21H22FN5O3S/c1-13(10-23-2)19-9-16(25-12-26-19)11-24-21(28)20-14-7-17(8-14)27(20)31(29,30)18-5-3-15(22)4-6-18/h3-6,9-10,12,14,17,20H,2,7-8,11H2,1H3,(H,24,28)/b13-10+/t14?,17?,20-/m0/s1. The van der Waals surface area contributed by atoms with Crippen molar-refractivity contribution < 1.29 is 17.6 Å². The van der Waals surface area contributed by atoms with Crippen molar-refractivity contribution in [3.8, 4) is 0 Å². The van der Waals surface area contributed by atoms with Gasteiger partial charge in [-0.3, -0.25) is 9.79 Å². The molecule has 3 fully saturated rings. The summed E-state index contributed by atoms with van der Waals surface area (Å²) < 4.78 is 40.8. The third kappa shape index (κ3) is 4.00. The Labute approximate surface area is 180 Å². The molecule has 1 aromatic carbocycles. The summed E-state index contributed by atoms with van der Waals surface area (Å²) in [5, 5.41) is 2.81. The number of amides is 1. The van der Waals surface area contributed by atoms with Gasteiger partial charge in [0.1, 0.15) is 18.2 Å². The first kappa shape index (κ1) is 21.3. The molecule has 8 nitrogen and oxygen atoms in total. The number of aromatic nitrogens is 2. The van der Waals surface area contributed by atoms with Gasteiger partial charge in [-0.15, -0.1) is 0 Å². The van der Waals surface area contributed by atoms with Crippen molar-refractivity contribution in [1.82, 2.24) is 19.6 Å². The Morgan fingerprint density at radius 2 is 2.03 bits per heavy atom. The molecule has 31 heavy (non-hydrogen) atoms. The number of carbonyl (C=O) groups excluding carboxylic acids is 1. The topological polar surface area (TPSA) is 105 Å². The van der Waals surface area contributed by atoms with Crippen LogP contribution in [0.25, 0.3) is 5.57 Å². The summed E-state index contributed by atoms with van der Waals surface area (Å²) in [5.74, 6) is -0.905. The predicted octanol–water partition coefficient (Wildman–Crippen LogP) is 2.15. The van der Waals surface area contributed by atoms with Crippen molar-refractivity contribution >= 4 is 28.2 Å². The second kappa shape index (κ2) is 8.27. The zero-order valence-corrected chi connectivity index (χ0v) is 17.7. The summed E-state index contributed by atoms with van der Waals surface area (Å²) in [6, 6.07) is 5.41. The van der Waals surface area contributed by atoms with E-state index in [-0.39, 0.29) is 29.3 Å². The van der Waals surface area contributed by atoms with E-state index in [4.69, 9.17) is 0 Å². The number of fused-ring (bicyclic) bond motifs is 1. The minimum atomic E-state index is -3.91. The molecule has 1 saturated carbocycles. The molecular formula is C21H22FN5O3S. The Bertz CT molecular complexity index is 1140. The molecule has 5 rings (SSSR count). The Morgan fingerprint density at radius 3 is 2.71 bits per heavy atom. The van der Waals surface area contributed by atoms with Crippen LogP contribution >= 0.6 is 0 Å². The fourth-order valence-electron chi connectivity index (χ4n) is 4.13. The molecule has 162 valence electrons. The maximum Gasteiger partial charge on any atom is 0.244 e. The third-order valence-corrected chi connectivity index (χ3v) is 7.69. The van der Waals surface area contributed by atoms with Crippen LogP contribution in [0.4, 0.5) is 4.39 Å². The highest BCUT2D eigenvalue weighted by atomic mass is 32.2. The molecule has 2 aromatic rings. The molecule has 1 atom stereocenters. The third-order valence-electron chi connectivity index (χ3n) is 5.74. The van der Waals surface area contributed by atoms with Gasteiger partial charge in [-0.25, -0.2) is 22.8 Å². The monoisotopic (exact) mass is 443 g/mol. The van der Waals surface area contributed by atoms with Crippen LogP contribution in [0.3, 0.4) is 0 Å². The van der Waals surface area contributed by atoms with Gasteiger partial charge >= 0.3 is 0 Å². The number of halogens is 1. The lowest BCUT2D eigenvalue weighted by molar-refractivity contribution is -0.124. The van der Waals surface area contributed by atoms with Crippen LogP contribution in [0.2, 0.25) is 0 Å². The van der Waals surface area contributed by atoms with E-state index in [1.807, 2.05) is 6.92 Å². The molecule has 1 amide bonds. The Balaban J connectivity index is 1.50. The molecule has 0 spiro atoms. The highest BCUT2D eigenvalue weighted by Gasteiger charge is 2.58. The molecule has 2 saturated heterocycles. The number of hydrogen-bond acceptors (Lipinski definition) is 6. The van der Waals surface area contributed by atoms with Crippen LogP contribution in [0, 0.1) is 11.7 Å². The molecule has 3 heterocycles. The van der Waals surface area contributed by atoms with Crippen LogP contribution in [-0.4, -0.2) is 47.4 Å². The number of allylic oxidation sites excluding steroid dienone is 1. The summed E-state index contributed by atoms with van der Waals surface area (Å²) in [7, 11) is -3.91. The van der Waals surface area contributed by atoms with E-state index in [2.05, 4.69) is 27.0 Å². The normalized spacial score (nSPS) is 23.3. The van der Waals surface area contributed by atoms with Gasteiger partial charge in [0, 0.05) is 12.2 Å². The van der Waals surface area contributed by atoms with Gasteiger partial charge in [0.25, 0.3) is 0 Å². The first-order chi connectivity index (χ1) is 14.8. The smallest absolute Gasteiger partial charge is 0.244 e. The molecule has 0 radical (unpaired) electrons. The Morgan fingerprint density at radius 1 is 1.32 bits per heavy atom. The molecular weight excluding hydrogens is 421 g/mol. The number of sulfonamides is 1. The summed E-state index contributed by atoms with van der Waals surface area (Å²) in [4.78, 5) is 25.0. The summed E-state index contributed by atoms with van der Waals surface area (Å²) in [6.45, 7) is 5.39. The van der Waals surface area contributed by atoms with Crippen LogP contribution in [-0.2, 0) is 21.4 Å². The lowest BCUT2D eigenvalue weighted by Crippen LogP contribution is -2.46. The molecule has 1 aromatic heterocycles. The maximum atomic E-state index is 13.2. The van der Waals surface area contributed by atoms with Gasteiger partial charge < -0.3 is 5.32 Å². The van der Waals surface area contributed by atoms with Crippen LogP contribution in [0.1, 0.15) is 31.2 Å². The largest absolute Gasteiger partial charge is 0.349 e. The van der Waals surface area contributed by atoms with E-state index in [0.717, 1.165) is 17.7 Å². The number of carbonyl (C=O) groups is 1. The SMILES string of the molecule is C=N/C=C(\C)c1cc(CNC(=O)[C@@H]2C3CC(C3)N2S(=O)(=O)c2ccc(F)cc2)ncn1. The number of benzene rings is 1. The highest BCUT2D eigenvalue weighted by molar-refractivity contribution is 7.89. The summed E-state index contributed by atoms with van der Waals surface area (Å²) in [5.41, 5.74) is 2.06. The van der Waals surface area contributed by atoms with Gasteiger partial charge in [-0.2, -0.15) is 4.31 Å². The maximum absolute atomic E-state index is 13.2. The number of nitrogens with one attached hydrogen (secondary N) is 1. The van der Waals surface area contributed by atoms with Gasteiger partial charge in [0.2, 0.25) is 15.9 Å². The van der Waals surface area contributed by atoms with E-state index in [1.165, 1.54) is 22.8 Å². The quantitative estimate of drug-likeness (QED) is 0.660. The van der Waals surface area contributed by atoms with Crippen LogP contribution < -0.4 is 5.32 Å². The Kier molecular flexibility index (Phi) is 5.67. The first-order valence-electron chi connectivity index (χ1n) is 9.82. The zero-order valence-electron chi connectivity index (χ0n) is 16.9. The number of nitrogens with zero attached hydrogens (tertiary/aromatic N) is 4. The minimum absolute atomic E-state index is 0.0159. The molecule has 1 aliphatic carbocycles. The summed E-state index contributed by atoms with van der Waals surface area (Å²) >= 11 is 0. The molecule has 2 aliphatic heterocycles. The van der Waals surface area contributed by atoms with E-state index in [1.54, 1.807) is 12.3 Å². The summed E-state index contributed by atoms with van der Waals surface area (Å²) in [6.07, 6.45) is 4.27. The van der Waals surface area contributed by atoms with Crippen molar-refractivity contribution in [3.63, 3.8) is 0 Å². The molecule has 3 aliphatic rings. The highest BCUT2D eigenvalue weighted by Crippen LogP contribution is 2.48. The van der Waals surface area contributed by atoms with Gasteiger partial charge in [0.15, 0.2) is 0 Å². The van der Waals surface area contributed by atoms with E-state index in [9.17, 15) is 17.6 Å². The van der Waals surface area contributed by atoms with Crippen LogP contribution in [0.5, 0.6) is 0 Å². The van der Waals surface area contributed by atoms with E-state index in [0.29, 0.717) is 24.2 Å². The van der Waals surface area contributed by atoms with Crippen LogP contribution in [0.15, 0.2) is 52.7 Å². The van der Waals surface area contributed by atoms with Crippen molar-refractivity contribution in [1.29, 1.82) is 0 Å². The molecule has 2 bridgehead atoms. The van der Waals surface area contributed by atoms with Crippen molar-refractivity contribution in [2.24, 2.45) is 10.9 Å². The van der Waals surface area contributed by atoms with Gasteiger partial charge in [-0.1, -0.05) is 0 Å². The number of aliphatic imine (C=N–C) groups is 1. The first-order valence-corrected chi connectivity index (χ1v) is 11.3. The van der Waals surface area contributed by atoms with E-state index < -0.39 is 21.9 Å². The van der Waals surface area contributed by atoms with Gasteiger partial charge in [0.05, 0.1) is 22.8 Å².